The minimum Gasteiger partial charge on any atom is -0.478 e. The van der Waals surface area contributed by atoms with Crippen LogP contribution in [0.2, 0.25) is 0 Å². The number of carbonyl (C=O) groups excluding carboxylic acids is 1. The maximum absolute atomic E-state index is 12.5. The van der Waals surface area contributed by atoms with Crippen molar-refractivity contribution >= 4 is 29.3 Å². The summed E-state index contributed by atoms with van der Waals surface area (Å²) in [4.78, 5) is 25.6. The van der Waals surface area contributed by atoms with Gasteiger partial charge in [-0.15, -0.1) is 11.3 Å². The molecule has 5 heteroatoms. The van der Waals surface area contributed by atoms with Gasteiger partial charge in [0, 0.05) is 29.4 Å². The van der Waals surface area contributed by atoms with Crippen LogP contribution in [0.4, 0.5) is 0 Å². The Morgan fingerprint density at radius 1 is 1.43 bits per heavy atom. The van der Waals surface area contributed by atoms with E-state index in [0.29, 0.717) is 11.5 Å². The van der Waals surface area contributed by atoms with Crippen LogP contribution < -0.4 is 0 Å². The summed E-state index contributed by atoms with van der Waals surface area (Å²) in [6.45, 7) is 8.25. The molecule has 1 saturated heterocycles. The SMILES string of the molecule is CC(C)(C)C1CCN(C(=O)c2csc(/C=C/C(=O)O)c2)C1. The highest BCUT2D eigenvalue weighted by atomic mass is 32.1. The van der Waals surface area contributed by atoms with E-state index in [9.17, 15) is 9.59 Å². The first-order valence-electron chi connectivity index (χ1n) is 7.06. The molecule has 4 nitrogen and oxygen atoms in total. The molecule has 0 bridgehead atoms. The van der Waals surface area contributed by atoms with Gasteiger partial charge in [0.2, 0.25) is 0 Å². The first kappa shape index (κ1) is 15.8. The minimum atomic E-state index is -0.983. The molecule has 1 N–H and O–H groups in total. The summed E-state index contributed by atoms with van der Waals surface area (Å²) >= 11 is 1.39. The van der Waals surface area contributed by atoms with Crippen molar-refractivity contribution in [2.24, 2.45) is 11.3 Å². The largest absolute Gasteiger partial charge is 0.478 e. The number of carboxylic acids is 1. The third-order valence-electron chi connectivity index (χ3n) is 3.96. The number of carbonyl (C=O) groups is 2. The van der Waals surface area contributed by atoms with Crippen LogP contribution in [-0.2, 0) is 4.79 Å². The molecule has 0 aliphatic carbocycles. The van der Waals surface area contributed by atoms with E-state index in [-0.39, 0.29) is 11.3 Å². The maximum atomic E-state index is 12.5. The monoisotopic (exact) mass is 307 g/mol. The Kier molecular flexibility index (Phi) is 4.52. The number of rotatable bonds is 3. The molecule has 0 spiro atoms. The fraction of sp³-hybridized carbons (Fsp3) is 0.500. The van der Waals surface area contributed by atoms with Crippen LogP contribution in [0, 0.1) is 11.3 Å². The lowest BCUT2D eigenvalue weighted by molar-refractivity contribution is -0.131. The molecule has 0 saturated carbocycles. The average Bonchev–Trinajstić information content (AvgIpc) is 3.04. The molecule has 114 valence electrons. The summed E-state index contributed by atoms with van der Waals surface area (Å²) in [5.41, 5.74) is 0.874. The van der Waals surface area contributed by atoms with Crippen LogP contribution in [0.3, 0.4) is 0 Å². The molecule has 0 radical (unpaired) electrons. The normalized spacial score (nSPS) is 19.4. The fourth-order valence-corrected chi connectivity index (χ4v) is 3.31. The second-order valence-corrected chi connectivity index (χ2v) is 7.45. The lowest BCUT2D eigenvalue weighted by atomic mass is 9.80. The zero-order valence-corrected chi connectivity index (χ0v) is 13.4. The number of aliphatic carboxylic acids is 1. The molecule has 1 aliphatic rings. The van der Waals surface area contributed by atoms with E-state index in [4.69, 9.17) is 5.11 Å². The minimum absolute atomic E-state index is 0.0491. The van der Waals surface area contributed by atoms with Crippen LogP contribution in [0.25, 0.3) is 6.08 Å². The summed E-state index contributed by atoms with van der Waals surface area (Å²) in [6, 6.07) is 1.76. The highest BCUT2D eigenvalue weighted by Gasteiger charge is 2.34. The first-order valence-corrected chi connectivity index (χ1v) is 7.94. The Hall–Kier alpha value is -1.62. The van der Waals surface area contributed by atoms with Gasteiger partial charge in [-0.3, -0.25) is 4.79 Å². The molecule has 1 aliphatic heterocycles. The van der Waals surface area contributed by atoms with E-state index < -0.39 is 5.97 Å². The highest BCUT2D eigenvalue weighted by Crippen LogP contribution is 2.34. The number of likely N-dealkylation sites (tertiary alicyclic amines) is 1. The Balaban J connectivity index is 2.03. The molecule has 1 amide bonds. The first-order chi connectivity index (χ1) is 9.77. The number of thiophene rings is 1. The number of nitrogens with zero attached hydrogens (tertiary/aromatic N) is 1. The molecule has 2 rings (SSSR count). The molecular formula is C16H21NO3S. The fourth-order valence-electron chi connectivity index (χ4n) is 2.54. The van der Waals surface area contributed by atoms with Gasteiger partial charge in [-0.25, -0.2) is 4.79 Å². The van der Waals surface area contributed by atoms with E-state index in [0.717, 1.165) is 30.5 Å². The van der Waals surface area contributed by atoms with Crippen molar-refractivity contribution in [1.82, 2.24) is 4.90 Å². The zero-order valence-electron chi connectivity index (χ0n) is 12.6. The molecule has 21 heavy (non-hydrogen) atoms. The lowest BCUT2D eigenvalue weighted by Gasteiger charge is -2.26. The van der Waals surface area contributed by atoms with Gasteiger partial charge in [-0.1, -0.05) is 20.8 Å². The predicted molar refractivity (Wildman–Crippen MR) is 84.5 cm³/mol. The molecule has 2 heterocycles. The topological polar surface area (TPSA) is 57.6 Å². The Morgan fingerprint density at radius 3 is 2.71 bits per heavy atom. The van der Waals surface area contributed by atoms with Gasteiger partial charge in [-0.05, 0) is 29.9 Å². The summed E-state index contributed by atoms with van der Waals surface area (Å²) in [5, 5.41) is 10.4. The lowest BCUT2D eigenvalue weighted by Crippen LogP contribution is -2.30. The quantitative estimate of drug-likeness (QED) is 0.871. The van der Waals surface area contributed by atoms with Gasteiger partial charge in [0.25, 0.3) is 5.91 Å². The summed E-state index contributed by atoms with van der Waals surface area (Å²) in [5.74, 6) is -0.400. The standard InChI is InChI=1S/C16H21NO3S/c1-16(2,3)12-6-7-17(9-12)15(20)11-8-13(21-10-11)4-5-14(18)19/h4-5,8,10,12H,6-7,9H2,1-3H3,(H,18,19)/b5-4+. The zero-order chi connectivity index (χ0) is 15.6. The van der Waals surface area contributed by atoms with Crippen LogP contribution in [0.15, 0.2) is 17.5 Å². The van der Waals surface area contributed by atoms with Gasteiger partial charge in [0.1, 0.15) is 0 Å². The molecule has 1 atom stereocenters. The van der Waals surface area contributed by atoms with Crippen molar-refractivity contribution in [3.63, 3.8) is 0 Å². The van der Waals surface area contributed by atoms with Crippen LogP contribution >= 0.6 is 11.3 Å². The smallest absolute Gasteiger partial charge is 0.328 e. The van der Waals surface area contributed by atoms with Gasteiger partial charge in [0.15, 0.2) is 0 Å². The summed E-state index contributed by atoms with van der Waals surface area (Å²) < 4.78 is 0. The molecule has 1 fully saturated rings. The van der Waals surface area contributed by atoms with Crippen molar-refractivity contribution in [3.8, 4) is 0 Å². The third kappa shape index (κ3) is 3.94. The second kappa shape index (κ2) is 6.02. The molecule has 1 unspecified atom stereocenters. The Morgan fingerprint density at radius 2 is 2.14 bits per heavy atom. The van der Waals surface area contributed by atoms with Crippen molar-refractivity contribution in [3.05, 3.63) is 28.0 Å². The van der Waals surface area contributed by atoms with E-state index in [2.05, 4.69) is 20.8 Å². The number of hydrogen-bond acceptors (Lipinski definition) is 3. The van der Waals surface area contributed by atoms with E-state index in [1.165, 1.54) is 17.4 Å². The molecule has 0 aromatic carbocycles. The highest BCUT2D eigenvalue weighted by molar-refractivity contribution is 7.11. The number of hydrogen-bond donors (Lipinski definition) is 1. The van der Waals surface area contributed by atoms with Gasteiger partial charge in [-0.2, -0.15) is 0 Å². The van der Waals surface area contributed by atoms with E-state index in [1.807, 2.05) is 4.90 Å². The van der Waals surface area contributed by atoms with Crippen LogP contribution in [-0.4, -0.2) is 35.0 Å². The average molecular weight is 307 g/mol. The second-order valence-electron chi connectivity index (χ2n) is 6.51. The number of carboxylic acid groups (broad SMARTS) is 1. The molecular weight excluding hydrogens is 286 g/mol. The van der Waals surface area contributed by atoms with E-state index >= 15 is 0 Å². The Bertz CT molecular complexity index is 568. The van der Waals surface area contributed by atoms with Crippen molar-refractivity contribution < 1.29 is 14.7 Å². The van der Waals surface area contributed by atoms with Gasteiger partial charge in [0.05, 0.1) is 5.56 Å². The van der Waals surface area contributed by atoms with Crippen LogP contribution in [0.5, 0.6) is 0 Å². The third-order valence-corrected chi connectivity index (χ3v) is 4.85. The Labute approximate surface area is 129 Å². The molecule has 1 aromatic rings. The van der Waals surface area contributed by atoms with Crippen LogP contribution in [0.1, 0.15) is 42.4 Å². The number of amides is 1. The maximum Gasteiger partial charge on any atom is 0.328 e. The van der Waals surface area contributed by atoms with Crippen molar-refractivity contribution in [1.29, 1.82) is 0 Å². The van der Waals surface area contributed by atoms with E-state index in [1.54, 1.807) is 11.4 Å². The predicted octanol–water partition coefficient (Wildman–Crippen LogP) is 3.35. The molecule has 1 aromatic heterocycles. The van der Waals surface area contributed by atoms with Crippen molar-refractivity contribution in [2.45, 2.75) is 27.2 Å². The van der Waals surface area contributed by atoms with Gasteiger partial charge < -0.3 is 10.0 Å². The summed E-state index contributed by atoms with van der Waals surface area (Å²) in [6.07, 6.45) is 3.66. The van der Waals surface area contributed by atoms with Gasteiger partial charge >= 0.3 is 5.97 Å². The van der Waals surface area contributed by atoms with Crippen molar-refractivity contribution in [2.75, 3.05) is 13.1 Å². The summed E-state index contributed by atoms with van der Waals surface area (Å²) in [7, 11) is 0.